The van der Waals surface area contributed by atoms with Crippen molar-refractivity contribution >= 4 is 44.0 Å². The van der Waals surface area contributed by atoms with Crippen LogP contribution < -0.4 is 0 Å². The number of rotatable bonds is 2. The first-order valence-electron chi connectivity index (χ1n) is 6.10. The molecule has 0 spiro atoms. The van der Waals surface area contributed by atoms with E-state index in [-0.39, 0.29) is 5.78 Å². The molecule has 0 saturated carbocycles. The Morgan fingerprint density at radius 3 is 2.70 bits per heavy atom. The lowest BCUT2D eigenvalue weighted by atomic mass is 10.2. The number of hydrogen-bond donors (Lipinski definition) is 0. The summed E-state index contributed by atoms with van der Waals surface area (Å²) in [5.41, 5.74) is 2.46. The molecule has 0 aliphatic heterocycles. The van der Waals surface area contributed by atoms with Crippen molar-refractivity contribution in [1.82, 2.24) is 9.97 Å². The number of aromatic nitrogens is 2. The van der Waals surface area contributed by atoms with Gasteiger partial charge in [0.15, 0.2) is 5.78 Å². The van der Waals surface area contributed by atoms with Gasteiger partial charge in [0, 0.05) is 16.8 Å². The fourth-order valence-corrected chi connectivity index (χ4v) is 3.68. The molecule has 0 unspecified atom stereocenters. The molecule has 5 heteroatoms. The monoisotopic (exact) mass is 346 g/mol. The first-order chi connectivity index (χ1) is 9.56. The molecule has 20 heavy (non-hydrogen) atoms. The first kappa shape index (κ1) is 13.4. The van der Waals surface area contributed by atoms with E-state index in [1.807, 2.05) is 37.3 Å². The minimum atomic E-state index is 0.0446. The second-order valence-corrected chi connectivity index (χ2v) is 6.35. The fraction of sp³-hybridized carbons (Fsp3) is 0.133. The minimum absolute atomic E-state index is 0.0446. The quantitative estimate of drug-likeness (QED) is 0.635. The van der Waals surface area contributed by atoms with E-state index < -0.39 is 0 Å². The van der Waals surface area contributed by atoms with Crippen LogP contribution in [-0.4, -0.2) is 15.8 Å². The Labute approximate surface area is 128 Å². The van der Waals surface area contributed by atoms with Crippen molar-refractivity contribution in [2.45, 2.75) is 13.8 Å². The van der Waals surface area contributed by atoms with Crippen LogP contribution in [0.4, 0.5) is 0 Å². The van der Waals surface area contributed by atoms with E-state index >= 15 is 0 Å². The summed E-state index contributed by atoms with van der Waals surface area (Å²) in [7, 11) is 0. The van der Waals surface area contributed by atoms with Crippen molar-refractivity contribution in [3.05, 3.63) is 45.4 Å². The number of halogens is 1. The molecular weight excluding hydrogens is 336 g/mol. The third kappa shape index (κ3) is 2.27. The van der Waals surface area contributed by atoms with Gasteiger partial charge in [-0.1, -0.05) is 18.2 Å². The number of benzene rings is 1. The van der Waals surface area contributed by atoms with Crippen molar-refractivity contribution in [3.8, 4) is 10.7 Å². The van der Waals surface area contributed by atoms with Crippen molar-refractivity contribution < 1.29 is 4.79 Å². The molecule has 0 amide bonds. The second-order valence-electron chi connectivity index (χ2n) is 4.50. The van der Waals surface area contributed by atoms with E-state index in [9.17, 15) is 4.79 Å². The minimum Gasteiger partial charge on any atom is -0.294 e. The van der Waals surface area contributed by atoms with Gasteiger partial charge < -0.3 is 0 Å². The molecule has 0 radical (unpaired) electrons. The van der Waals surface area contributed by atoms with Gasteiger partial charge in [-0.15, -0.1) is 11.3 Å². The fourth-order valence-electron chi connectivity index (χ4n) is 2.06. The molecule has 100 valence electrons. The third-order valence-electron chi connectivity index (χ3n) is 3.00. The molecule has 0 atom stereocenters. The summed E-state index contributed by atoms with van der Waals surface area (Å²) in [5.74, 6) is 0.0446. The average Bonchev–Trinajstić information content (AvgIpc) is 2.80. The van der Waals surface area contributed by atoms with Crippen LogP contribution in [0.2, 0.25) is 0 Å². The SMILES string of the molecule is CC(=O)c1sc(-c2nc3ccccc3cc2Br)nc1C. The van der Waals surface area contributed by atoms with Crippen LogP contribution in [0.15, 0.2) is 34.8 Å². The van der Waals surface area contributed by atoms with Crippen LogP contribution in [0.1, 0.15) is 22.3 Å². The van der Waals surface area contributed by atoms with Crippen LogP contribution in [-0.2, 0) is 0 Å². The molecule has 2 aromatic heterocycles. The van der Waals surface area contributed by atoms with Crippen LogP contribution in [0, 0.1) is 6.92 Å². The van der Waals surface area contributed by atoms with Gasteiger partial charge in [-0.25, -0.2) is 9.97 Å². The number of nitrogens with zero attached hydrogens (tertiary/aromatic N) is 2. The molecule has 0 saturated heterocycles. The molecular formula is C15H11BrN2OS. The lowest BCUT2D eigenvalue weighted by Crippen LogP contribution is -1.89. The van der Waals surface area contributed by atoms with Crippen molar-refractivity contribution in [3.63, 3.8) is 0 Å². The third-order valence-corrected chi connectivity index (χ3v) is 4.87. The zero-order valence-electron chi connectivity index (χ0n) is 11.0. The number of carbonyl (C=O) groups is 1. The van der Waals surface area contributed by atoms with Gasteiger partial charge in [0.05, 0.1) is 16.1 Å². The zero-order valence-corrected chi connectivity index (χ0v) is 13.4. The maximum atomic E-state index is 11.5. The Kier molecular flexibility index (Phi) is 3.40. The lowest BCUT2D eigenvalue weighted by molar-refractivity contribution is 0.102. The predicted octanol–water partition coefficient (Wildman–Crippen LogP) is 4.63. The van der Waals surface area contributed by atoms with E-state index in [0.717, 1.165) is 31.8 Å². The number of thiazole rings is 1. The molecule has 0 bridgehead atoms. The highest BCUT2D eigenvalue weighted by molar-refractivity contribution is 9.10. The Hall–Kier alpha value is -1.59. The summed E-state index contributed by atoms with van der Waals surface area (Å²) in [6, 6.07) is 9.96. The Morgan fingerprint density at radius 1 is 1.25 bits per heavy atom. The summed E-state index contributed by atoms with van der Waals surface area (Å²) >= 11 is 4.93. The largest absolute Gasteiger partial charge is 0.294 e. The van der Waals surface area contributed by atoms with Crippen molar-refractivity contribution in [1.29, 1.82) is 0 Å². The molecule has 0 fully saturated rings. The number of hydrogen-bond acceptors (Lipinski definition) is 4. The molecule has 3 aromatic rings. The van der Waals surface area contributed by atoms with Gasteiger partial charge in [-0.05, 0) is 35.0 Å². The molecule has 0 aliphatic rings. The summed E-state index contributed by atoms with van der Waals surface area (Å²) in [6.45, 7) is 3.42. The molecule has 0 aliphatic carbocycles. The smallest absolute Gasteiger partial charge is 0.171 e. The first-order valence-corrected chi connectivity index (χ1v) is 7.71. The van der Waals surface area contributed by atoms with Crippen LogP contribution in [0.3, 0.4) is 0 Å². The molecule has 2 heterocycles. The lowest BCUT2D eigenvalue weighted by Gasteiger charge is -2.03. The maximum Gasteiger partial charge on any atom is 0.171 e. The number of ketones is 1. The second kappa shape index (κ2) is 5.07. The number of fused-ring (bicyclic) bond motifs is 1. The number of carbonyl (C=O) groups excluding carboxylic acids is 1. The van der Waals surface area contributed by atoms with E-state index in [4.69, 9.17) is 0 Å². The number of pyridine rings is 1. The molecule has 1 aromatic carbocycles. The van der Waals surface area contributed by atoms with E-state index in [0.29, 0.717) is 4.88 Å². The summed E-state index contributed by atoms with van der Waals surface area (Å²) in [5, 5.41) is 1.84. The van der Waals surface area contributed by atoms with Gasteiger partial charge in [0.2, 0.25) is 0 Å². The topological polar surface area (TPSA) is 42.9 Å². The van der Waals surface area contributed by atoms with Crippen molar-refractivity contribution in [2.75, 3.05) is 0 Å². The van der Waals surface area contributed by atoms with Crippen LogP contribution in [0.25, 0.3) is 21.6 Å². The van der Waals surface area contributed by atoms with Crippen LogP contribution in [0.5, 0.6) is 0 Å². The maximum absolute atomic E-state index is 11.5. The van der Waals surface area contributed by atoms with E-state index in [1.54, 1.807) is 6.92 Å². The highest BCUT2D eigenvalue weighted by Gasteiger charge is 2.16. The Morgan fingerprint density at radius 2 is 2.00 bits per heavy atom. The predicted molar refractivity (Wildman–Crippen MR) is 85.3 cm³/mol. The molecule has 3 nitrogen and oxygen atoms in total. The summed E-state index contributed by atoms with van der Waals surface area (Å²) in [6.07, 6.45) is 0. The standard InChI is InChI=1S/C15H11BrN2OS/c1-8-14(9(2)19)20-15(17-8)13-11(16)7-10-5-3-4-6-12(10)18-13/h3-7H,1-2H3. The highest BCUT2D eigenvalue weighted by Crippen LogP contribution is 2.33. The van der Waals surface area contributed by atoms with Gasteiger partial charge in [0.1, 0.15) is 10.7 Å². The number of para-hydroxylation sites is 1. The Balaban J connectivity index is 2.21. The van der Waals surface area contributed by atoms with Crippen LogP contribution >= 0.6 is 27.3 Å². The van der Waals surface area contributed by atoms with E-state index in [1.165, 1.54) is 11.3 Å². The summed E-state index contributed by atoms with van der Waals surface area (Å²) in [4.78, 5) is 21.4. The summed E-state index contributed by atoms with van der Waals surface area (Å²) < 4.78 is 0.889. The molecule has 0 N–H and O–H groups in total. The zero-order chi connectivity index (χ0) is 14.3. The van der Waals surface area contributed by atoms with Gasteiger partial charge in [0.25, 0.3) is 0 Å². The van der Waals surface area contributed by atoms with Gasteiger partial charge in [-0.3, -0.25) is 4.79 Å². The van der Waals surface area contributed by atoms with Gasteiger partial charge >= 0.3 is 0 Å². The van der Waals surface area contributed by atoms with Gasteiger partial charge in [-0.2, -0.15) is 0 Å². The number of Topliss-reactive ketones (excluding diaryl/α,β-unsaturated/α-hetero) is 1. The Bertz CT molecular complexity index is 826. The van der Waals surface area contributed by atoms with E-state index in [2.05, 4.69) is 25.9 Å². The van der Waals surface area contributed by atoms with Crippen molar-refractivity contribution in [2.24, 2.45) is 0 Å². The molecule has 3 rings (SSSR count). The normalized spacial score (nSPS) is 10.9. The average molecular weight is 347 g/mol. The number of aryl methyl sites for hydroxylation is 1. The highest BCUT2D eigenvalue weighted by atomic mass is 79.9.